The highest BCUT2D eigenvalue weighted by Gasteiger charge is 2.59. The molecular formula is C20H17N3O4. The number of benzene rings is 1. The van der Waals surface area contributed by atoms with E-state index in [4.69, 9.17) is 4.52 Å². The maximum atomic E-state index is 12.8. The van der Waals surface area contributed by atoms with Crippen LogP contribution < -0.4 is 10.2 Å². The highest BCUT2D eigenvalue weighted by Crippen LogP contribution is 2.53. The Balaban J connectivity index is 1.36. The standard InChI is InChI=1S/C20H17N3O4/c1-10-8-15(22-27-10)21-18(24)11-4-6-14(7-5-11)23-19(25)16-12-2-3-13(9-12)17(16)20(23)26/h2-8,12-13,16-17H,9H2,1H3,(H,21,22,24)/t12-,13-,16-,17+/m0/s1. The number of aromatic nitrogens is 1. The summed E-state index contributed by atoms with van der Waals surface area (Å²) < 4.78 is 4.92. The number of hydrogen-bond acceptors (Lipinski definition) is 5. The zero-order chi connectivity index (χ0) is 18.7. The van der Waals surface area contributed by atoms with E-state index in [2.05, 4.69) is 22.6 Å². The lowest BCUT2D eigenvalue weighted by atomic mass is 9.85. The molecule has 136 valence electrons. The van der Waals surface area contributed by atoms with Gasteiger partial charge in [0.1, 0.15) is 5.76 Å². The van der Waals surface area contributed by atoms with Crippen LogP contribution in [-0.4, -0.2) is 22.9 Å². The minimum atomic E-state index is -0.340. The Morgan fingerprint density at radius 3 is 2.30 bits per heavy atom. The zero-order valence-electron chi connectivity index (χ0n) is 14.6. The Bertz CT molecular complexity index is 961. The zero-order valence-corrected chi connectivity index (χ0v) is 14.6. The van der Waals surface area contributed by atoms with Crippen LogP contribution in [0, 0.1) is 30.6 Å². The fourth-order valence-corrected chi connectivity index (χ4v) is 4.53. The van der Waals surface area contributed by atoms with Crippen molar-refractivity contribution in [3.63, 3.8) is 0 Å². The molecule has 3 amide bonds. The van der Waals surface area contributed by atoms with E-state index in [1.54, 1.807) is 37.3 Å². The van der Waals surface area contributed by atoms with Crippen LogP contribution in [0.5, 0.6) is 0 Å². The molecule has 1 aromatic carbocycles. The van der Waals surface area contributed by atoms with Gasteiger partial charge in [0.05, 0.1) is 17.5 Å². The second kappa shape index (κ2) is 5.64. The summed E-state index contributed by atoms with van der Waals surface area (Å²) in [5, 5.41) is 6.36. The van der Waals surface area contributed by atoms with Gasteiger partial charge >= 0.3 is 0 Å². The Kier molecular flexibility index (Phi) is 3.34. The molecule has 7 nitrogen and oxygen atoms in total. The first-order valence-corrected chi connectivity index (χ1v) is 8.94. The van der Waals surface area contributed by atoms with E-state index < -0.39 is 0 Å². The van der Waals surface area contributed by atoms with Crippen molar-refractivity contribution >= 4 is 29.2 Å². The number of amides is 3. The summed E-state index contributed by atoms with van der Waals surface area (Å²) in [6.07, 6.45) is 5.04. The molecule has 2 aliphatic carbocycles. The molecule has 27 heavy (non-hydrogen) atoms. The van der Waals surface area contributed by atoms with E-state index in [0.717, 1.165) is 6.42 Å². The molecule has 1 N–H and O–H groups in total. The van der Waals surface area contributed by atoms with Gasteiger partial charge in [-0.3, -0.25) is 19.3 Å². The van der Waals surface area contributed by atoms with E-state index in [0.29, 0.717) is 22.8 Å². The lowest BCUT2D eigenvalue weighted by Crippen LogP contribution is -2.32. The number of hydrogen-bond donors (Lipinski definition) is 1. The SMILES string of the molecule is Cc1cc(NC(=O)c2ccc(N3C(=O)[C@@H]4[C@H](C3=O)[C@H]3C=C[C@H]4C3)cc2)no1. The summed E-state index contributed by atoms with van der Waals surface area (Å²) in [7, 11) is 0. The number of nitrogens with one attached hydrogen (secondary N) is 1. The summed E-state index contributed by atoms with van der Waals surface area (Å²) in [5.41, 5.74) is 0.910. The van der Waals surface area contributed by atoms with Gasteiger partial charge in [0.25, 0.3) is 5.91 Å². The monoisotopic (exact) mass is 363 g/mol. The predicted molar refractivity (Wildman–Crippen MR) is 95.8 cm³/mol. The van der Waals surface area contributed by atoms with Crippen LogP contribution in [0.2, 0.25) is 0 Å². The lowest BCUT2D eigenvalue weighted by molar-refractivity contribution is -0.123. The number of imide groups is 1. The van der Waals surface area contributed by atoms with Crippen molar-refractivity contribution in [2.24, 2.45) is 23.7 Å². The smallest absolute Gasteiger partial charge is 0.256 e. The number of allylic oxidation sites excluding steroid dienone is 2. The van der Waals surface area contributed by atoms with E-state index >= 15 is 0 Å². The quantitative estimate of drug-likeness (QED) is 0.668. The number of anilines is 2. The van der Waals surface area contributed by atoms with E-state index in [1.807, 2.05) is 0 Å². The van der Waals surface area contributed by atoms with Crippen molar-refractivity contribution in [2.75, 3.05) is 10.2 Å². The van der Waals surface area contributed by atoms with Crippen molar-refractivity contribution in [3.8, 4) is 0 Å². The van der Waals surface area contributed by atoms with Gasteiger partial charge in [-0.25, -0.2) is 0 Å². The molecule has 0 unspecified atom stereocenters. The molecule has 2 heterocycles. The molecule has 4 atom stereocenters. The Morgan fingerprint density at radius 1 is 1.11 bits per heavy atom. The first-order valence-electron chi connectivity index (χ1n) is 8.94. The fraction of sp³-hybridized carbons (Fsp3) is 0.300. The number of nitrogens with zero attached hydrogens (tertiary/aromatic N) is 2. The van der Waals surface area contributed by atoms with Crippen molar-refractivity contribution in [1.82, 2.24) is 5.16 Å². The minimum Gasteiger partial charge on any atom is -0.360 e. The topological polar surface area (TPSA) is 92.5 Å². The van der Waals surface area contributed by atoms with Crippen LogP contribution in [-0.2, 0) is 9.59 Å². The second-order valence-corrected chi connectivity index (χ2v) is 7.34. The summed E-state index contributed by atoms with van der Waals surface area (Å²) in [6.45, 7) is 1.73. The molecule has 2 bridgehead atoms. The fourth-order valence-electron chi connectivity index (χ4n) is 4.53. The normalized spacial score (nSPS) is 28.1. The number of fused-ring (bicyclic) bond motifs is 5. The summed E-state index contributed by atoms with van der Waals surface area (Å²) in [6, 6.07) is 8.08. The van der Waals surface area contributed by atoms with Gasteiger partial charge in [-0.05, 0) is 49.4 Å². The maximum absolute atomic E-state index is 12.8. The van der Waals surface area contributed by atoms with Crippen LogP contribution in [0.3, 0.4) is 0 Å². The van der Waals surface area contributed by atoms with Gasteiger partial charge in [0.2, 0.25) is 11.8 Å². The average molecular weight is 363 g/mol. The van der Waals surface area contributed by atoms with Crippen molar-refractivity contribution in [3.05, 3.63) is 53.8 Å². The average Bonchev–Trinajstić information content (AvgIpc) is 3.41. The third-order valence-electron chi connectivity index (χ3n) is 5.73. The van der Waals surface area contributed by atoms with Crippen LogP contribution in [0.25, 0.3) is 0 Å². The van der Waals surface area contributed by atoms with Gasteiger partial charge in [0, 0.05) is 11.6 Å². The molecule has 1 saturated carbocycles. The summed E-state index contributed by atoms with van der Waals surface area (Å²) in [4.78, 5) is 39.2. The van der Waals surface area contributed by atoms with Crippen molar-refractivity contribution in [1.29, 1.82) is 0 Å². The molecule has 2 aromatic rings. The van der Waals surface area contributed by atoms with Crippen molar-refractivity contribution < 1.29 is 18.9 Å². The van der Waals surface area contributed by atoms with Gasteiger partial charge < -0.3 is 9.84 Å². The van der Waals surface area contributed by atoms with Crippen molar-refractivity contribution in [2.45, 2.75) is 13.3 Å². The van der Waals surface area contributed by atoms with Gasteiger partial charge in [-0.2, -0.15) is 0 Å². The van der Waals surface area contributed by atoms with Crippen LogP contribution in [0.4, 0.5) is 11.5 Å². The Hall–Kier alpha value is -3.22. The Labute approximate surface area is 155 Å². The molecule has 3 aliphatic rings. The molecule has 5 rings (SSSR count). The first kappa shape index (κ1) is 16.0. The van der Waals surface area contributed by atoms with Gasteiger partial charge in [0.15, 0.2) is 5.82 Å². The van der Waals surface area contributed by atoms with E-state index in [1.165, 1.54) is 4.90 Å². The highest BCUT2D eigenvalue weighted by atomic mass is 16.5. The lowest BCUT2D eigenvalue weighted by Gasteiger charge is -2.17. The molecule has 1 aliphatic heterocycles. The largest absolute Gasteiger partial charge is 0.360 e. The number of carbonyl (C=O) groups is 3. The Morgan fingerprint density at radius 2 is 1.74 bits per heavy atom. The van der Waals surface area contributed by atoms with E-state index in [-0.39, 0.29) is 41.4 Å². The highest BCUT2D eigenvalue weighted by molar-refractivity contribution is 6.23. The van der Waals surface area contributed by atoms with Gasteiger partial charge in [-0.1, -0.05) is 17.3 Å². The third-order valence-corrected chi connectivity index (χ3v) is 5.73. The number of aryl methyl sites for hydroxylation is 1. The molecule has 0 spiro atoms. The maximum Gasteiger partial charge on any atom is 0.256 e. The van der Waals surface area contributed by atoms with Gasteiger partial charge in [-0.15, -0.1) is 0 Å². The molecule has 0 radical (unpaired) electrons. The second-order valence-electron chi connectivity index (χ2n) is 7.34. The van der Waals surface area contributed by atoms with Crippen LogP contribution >= 0.6 is 0 Å². The first-order chi connectivity index (χ1) is 13.0. The molecular weight excluding hydrogens is 346 g/mol. The molecule has 1 aromatic heterocycles. The predicted octanol–water partition coefficient (Wildman–Crippen LogP) is 2.55. The number of carbonyl (C=O) groups excluding carboxylic acids is 3. The van der Waals surface area contributed by atoms with Crippen LogP contribution in [0.1, 0.15) is 22.5 Å². The van der Waals surface area contributed by atoms with E-state index in [9.17, 15) is 14.4 Å². The van der Waals surface area contributed by atoms with Crippen LogP contribution in [0.15, 0.2) is 47.0 Å². The minimum absolute atomic E-state index is 0.128. The summed E-state index contributed by atoms with van der Waals surface area (Å²) in [5.74, 6) is 0.233. The third kappa shape index (κ3) is 2.34. The molecule has 7 heteroatoms. The summed E-state index contributed by atoms with van der Waals surface area (Å²) >= 11 is 0. The number of rotatable bonds is 3. The molecule has 2 fully saturated rings. The molecule has 1 saturated heterocycles.